The number of halogens is 2. The van der Waals surface area contributed by atoms with E-state index >= 15 is 0 Å². The van der Waals surface area contributed by atoms with Crippen LogP contribution in [0.1, 0.15) is 15.9 Å². The minimum atomic E-state index is -4.13. The van der Waals surface area contributed by atoms with Crippen molar-refractivity contribution in [2.75, 3.05) is 0 Å². The highest BCUT2D eigenvalue weighted by Gasteiger charge is 2.05. The number of phenolic OH excluding ortho intramolecular Hbond substituents is 1. The van der Waals surface area contributed by atoms with Crippen LogP contribution in [0.25, 0.3) is 6.08 Å². The molecule has 0 aromatic heterocycles. The third-order valence-electron chi connectivity index (χ3n) is 2.55. The molecule has 9 heteroatoms. The lowest BCUT2D eigenvalue weighted by Crippen LogP contribution is -2.11. The van der Waals surface area contributed by atoms with Gasteiger partial charge in [-0.15, -0.1) is 0 Å². The van der Waals surface area contributed by atoms with Gasteiger partial charge in [0.1, 0.15) is 5.75 Å². The number of rotatable bonds is 3. The first-order valence-corrected chi connectivity index (χ1v) is 8.54. The van der Waals surface area contributed by atoms with E-state index < -0.39 is 16.0 Å². The summed E-state index contributed by atoms with van der Waals surface area (Å²) in [5.41, 5.74) is 5.62. The van der Waals surface area contributed by atoms with Gasteiger partial charge in [0.05, 0.1) is 16.0 Å². The predicted molar refractivity (Wildman–Crippen MR) is 93.7 cm³/mol. The minimum Gasteiger partial charge on any atom is -0.507 e. The highest BCUT2D eigenvalue weighted by molar-refractivity contribution is 7.88. The number of amides is 1. The molecular weight excluding hydrogens is 377 g/mol. The quantitative estimate of drug-likeness (QED) is 0.695. The van der Waals surface area contributed by atoms with Crippen LogP contribution in [0, 0.1) is 0 Å². The lowest BCUT2D eigenvalue weighted by molar-refractivity contribution is 0.100. The second-order valence-electron chi connectivity index (χ2n) is 4.36. The molecule has 0 spiro atoms. The topological polar surface area (TPSA) is 118 Å². The summed E-state index contributed by atoms with van der Waals surface area (Å²) < 4.78 is 29.0. The van der Waals surface area contributed by atoms with Crippen molar-refractivity contribution in [2.45, 2.75) is 0 Å². The smallest absolute Gasteiger partial charge is 0.287 e. The fraction of sp³-hybridized carbons (Fsp3) is 0. The van der Waals surface area contributed by atoms with Crippen molar-refractivity contribution >= 4 is 45.3 Å². The molecule has 2 aromatic rings. The fourth-order valence-corrected chi connectivity index (χ4v) is 2.30. The molecule has 0 saturated heterocycles. The molecule has 0 aliphatic rings. The van der Waals surface area contributed by atoms with Crippen LogP contribution in [0.4, 0.5) is 0 Å². The van der Waals surface area contributed by atoms with Gasteiger partial charge in [-0.1, -0.05) is 41.4 Å². The average Bonchev–Trinajstić information content (AvgIpc) is 2.45. The first kappa shape index (κ1) is 20.0. The van der Waals surface area contributed by atoms with Gasteiger partial charge in [-0.25, -0.2) is 0 Å². The number of hydrogen-bond acceptors (Lipinski definition) is 4. The summed E-state index contributed by atoms with van der Waals surface area (Å²) in [6.45, 7) is 0. The Morgan fingerprint density at radius 2 is 1.75 bits per heavy atom. The maximum atomic E-state index is 10.6. The largest absolute Gasteiger partial charge is 0.507 e. The first-order valence-electron chi connectivity index (χ1n) is 6.28. The zero-order chi connectivity index (χ0) is 18.3. The third kappa shape index (κ3) is 7.01. The molecular formula is C15H13Cl2NO5S. The van der Waals surface area contributed by atoms with Crippen molar-refractivity contribution in [3.63, 3.8) is 0 Å². The Balaban J connectivity index is 0.000000243. The zero-order valence-electron chi connectivity index (χ0n) is 12.1. The van der Waals surface area contributed by atoms with Crippen LogP contribution in [0.3, 0.4) is 0 Å². The molecule has 0 aliphatic heterocycles. The van der Waals surface area contributed by atoms with E-state index in [2.05, 4.69) is 0 Å². The fourth-order valence-electron chi connectivity index (χ4n) is 1.48. The summed E-state index contributed by atoms with van der Waals surface area (Å²) in [6, 6.07) is 10.7. The van der Waals surface area contributed by atoms with Crippen LogP contribution in [-0.2, 0) is 10.1 Å². The van der Waals surface area contributed by atoms with E-state index in [4.69, 9.17) is 33.5 Å². The minimum absolute atomic E-state index is 0.0394. The molecule has 0 saturated carbocycles. The van der Waals surface area contributed by atoms with Crippen LogP contribution in [-0.4, -0.2) is 24.0 Å². The van der Waals surface area contributed by atoms with Gasteiger partial charge in [-0.3, -0.25) is 9.35 Å². The SMILES string of the molecule is NC(=O)c1ccc(Cl)cc1Cl.O=S(=O)(O)/C=C/c1ccccc1O. The lowest BCUT2D eigenvalue weighted by atomic mass is 10.2. The number of hydrogen-bond donors (Lipinski definition) is 3. The van der Waals surface area contributed by atoms with Crippen molar-refractivity contribution < 1.29 is 22.9 Å². The Morgan fingerprint density at radius 3 is 2.25 bits per heavy atom. The summed E-state index contributed by atoms with van der Waals surface area (Å²) in [7, 11) is -4.13. The second-order valence-corrected chi connectivity index (χ2v) is 6.51. The highest BCUT2D eigenvalue weighted by Crippen LogP contribution is 2.20. The van der Waals surface area contributed by atoms with E-state index in [1.807, 2.05) is 0 Å². The standard InChI is InChI=1S/C8H8O4S.C7H5Cl2NO/c9-8-4-2-1-3-7(8)5-6-13(10,11)12;8-4-1-2-5(7(10)11)6(9)3-4/h1-6,9H,(H,10,11,12);1-3H,(H2,10,11)/b6-5+;. The van der Waals surface area contributed by atoms with E-state index in [9.17, 15) is 18.3 Å². The Labute approximate surface area is 148 Å². The highest BCUT2D eigenvalue weighted by atomic mass is 35.5. The molecule has 128 valence electrons. The summed E-state index contributed by atoms with van der Waals surface area (Å²) in [5.74, 6) is -0.589. The normalized spacial score (nSPS) is 11.0. The molecule has 0 unspecified atom stereocenters. The van der Waals surface area contributed by atoms with Gasteiger partial charge in [0.2, 0.25) is 5.91 Å². The molecule has 0 radical (unpaired) electrons. The van der Waals surface area contributed by atoms with Crippen molar-refractivity contribution in [1.82, 2.24) is 0 Å². The number of phenols is 1. The average molecular weight is 390 g/mol. The van der Waals surface area contributed by atoms with Crippen LogP contribution >= 0.6 is 23.2 Å². The van der Waals surface area contributed by atoms with E-state index in [1.54, 1.807) is 18.2 Å². The first-order chi connectivity index (χ1) is 11.1. The van der Waals surface area contributed by atoms with Crippen LogP contribution in [0.2, 0.25) is 10.0 Å². The monoisotopic (exact) mass is 389 g/mol. The van der Waals surface area contributed by atoms with Crippen LogP contribution in [0.15, 0.2) is 47.9 Å². The van der Waals surface area contributed by atoms with Gasteiger partial charge >= 0.3 is 0 Å². The Morgan fingerprint density at radius 1 is 1.12 bits per heavy atom. The van der Waals surface area contributed by atoms with Crippen molar-refractivity contribution in [1.29, 1.82) is 0 Å². The Kier molecular flexibility index (Phi) is 7.24. The molecule has 1 amide bonds. The molecule has 0 heterocycles. The summed E-state index contributed by atoms with van der Waals surface area (Å²) in [6.07, 6.45) is 1.12. The maximum absolute atomic E-state index is 10.6. The third-order valence-corrected chi connectivity index (χ3v) is 3.58. The van der Waals surface area contributed by atoms with Gasteiger partial charge in [-0.2, -0.15) is 8.42 Å². The molecule has 6 nitrogen and oxygen atoms in total. The van der Waals surface area contributed by atoms with E-state index in [1.165, 1.54) is 24.3 Å². The molecule has 0 fully saturated rings. The van der Waals surface area contributed by atoms with E-state index in [0.29, 0.717) is 16.0 Å². The van der Waals surface area contributed by atoms with Gasteiger partial charge in [-0.05, 0) is 30.3 Å². The molecule has 24 heavy (non-hydrogen) atoms. The van der Waals surface area contributed by atoms with Crippen molar-refractivity contribution in [3.05, 3.63) is 69.0 Å². The number of carbonyl (C=O) groups excluding carboxylic acids is 1. The Bertz CT molecular complexity index is 866. The number of para-hydroxylation sites is 1. The molecule has 0 aliphatic carbocycles. The predicted octanol–water partition coefficient (Wildman–Crippen LogP) is 3.34. The van der Waals surface area contributed by atoms with Crippen molar-refractivity contribution in [3.8, 4) is 5.75 Å². The number of carbonyl (C=O) groups is 1. The van der Waals surface area contributed by atoms with Crippen LogP contribution < -0.4 is 5.73 Å². The van der Waals surface area contributed by atoms with Gasteiger partial charge in [0.25, 0.3) is 10.1 Å². The number of benzene rings is 2. The Hall–Kier alpha value is -2.06. The van der Waals surface area contributed by atoms with Crippen LogP contribution in [0.5, 0.6) is 5.75 Å². The maximum Gasteiger partial charge on any atom is 0.287 e. The summed E-state index contributed by atoms with van der Waals surface area (Å²) in [5, 5.41) is 10.6. The van der Waals surface area contributed by atoms with Gasteiger partial charge < -0.3 is 10.8 Å². The number of nitrogens with two attached hydrogens (primary N) is 1. The molecule has 2 aromatic carbocycles. The summed E-state index contributed by atoms with van der Waals surface area (Å²) >= 11 is 11.2. The number of aromatic hydroxyl groups is 1. The molecule has 2 rings (SSSR count). The van der Waals surface area contributed by atoms with E-state index in [-0.39, 0.29) is 16.3 Å². The zero-order valence-corrected chi connectivity index (χ0v) is 14.4. The van der Waals surface area contributed by atoms with Gasteiger partial charge in [0, 0.05) is 10.6 Å². The van der Waals surface area contributed by atoms with Crippen molar-refractivity contribution in [2.24, 2.45) is 5.73 Å². The molecule has 4 N–H and O–H groups in total. The van der Waals surface area contributed by atoms with E-state index in [0.717, 1.165) is 6.08 Å². The van der Waals surface area contributed by atoms with Gasteiger partial charge in [0.15, 0.2) is 0 Å². The number of primary amides is 1. The molecule has 0 bridgehead atoms. The lowest BCUT2D eigenvalue weighted by Gasteiger charge is -1.97. The second kappa shape index (κ2) is 8.70. The molecule has 0 atom stereocenters. The summed E-state index contributed by atoms with van der Waals surface area (Å²) in [4.78, 5) is 10.6.